The molecule has 1 saturated heterocycles. The van der Waals surface area contributed by atoms with Gasteiger partial charge < -0.3 is 41.7 Å². The minimum atomic E-state index is -1.09. The van der Waals surface area contributed by atoms with E-state index in [-0.39, 0.29) is 78.9 Å². The van der Waals surface area contributed by atoms with Crippen LogP contribution < -0.4 is 21.7 Å². The molecule has 84 heavy (non-hydrogen) atoms. The maximum Gasteiger partial charge on any atom is 0.319 e. The molecule has 0 bridgehead atoms. The van der Waals surface area contributed by atoms with E-state index in [9.17, 15) is 52.1 Å². The Morgan fingerprint density at radius 2 is 1.04 bits per heavy atom. The van der Waals surface area contributed by atoms with Crippen LogP contribution in [0.2, 0.25) is 0 Å². The lowest BCUT2D eigenvalue weighted by Gasteiger charge is -2.41. The van der Waals surface area contributed by atoms with Crippen LogP contribution in [0.15, 0.2) is 84.9 Å². The number of aliphatic hydroxyl groups excluding tert-OH is 2. The van der Waals surface area contributed by atoms with Crippen LogP contribution in [0, 0.1) is 34.1 Å². The smallest absolute Gasteiger partial charge is 0.319 e. The fourth-order valence-corrected chi connectivity index (χ4v) is 10.9. The normalized spacial score (nSPS) is 18.1. The predicted molar refractivity (Wildman–Crippen MR) is 327 cm³/mol. The first kappa shape index (κ1) is 73.3. The first-order valence-corrected chi connectivity index (χ1v) is 29.2. The van der Waals surface area contributed by atoms with Gasteiger partial charge >= 0.3 is 17.9 Å². The molecule has 18 heteroatoms. The molecule has 4 aromatic carbocycles. The number of hydrogen-bond acceptors (Lipinski definition) is 10. The third kappa shape index (κ3) is 21.8. The SMILES string of the molecule is CC(C)(C)c1cccc(C2(NC[C@@H](O)[C@@H](N)Cc3cc(F)cc(F)c3)CCCCC2)c1.CC(C)(CCC(=O)N[C@@H](Cc1cc(F)cc(F)c1)[C@H](O)CNC1(c2cccc(C(C)(C)C)c2)CCCCC1)C(=O)O.CC1(C)CCC(=O)OC1=O.Cl.Cl. The van der Waals surface area contributed by atoms with Crippen molar-refractivity contribution in [1.82, 2.24) is 16.0 Å². The van der Waals surface area contributed by atoms with Crippen LogP contribution in [0.1, 0.15) is 193 Å². The van der Waals surface area contributed by atoms with Crippen molar-refractivity contribution in [3.63, 3.8) is 0 Å². The Hall–Kier alpha value is -4.94. The van der Waals surface area contributed by atoms with E-state index in [1.165, 1.54) is 52.9 Å². The van der Waals surface area contributed by atoms with Crippen LogP contribution in [0.4, 0.5) is 17.6 Å². The number of hydrogen-bond donors (Lipinski definition) is 7. The number of nitrogens with one attached hydrogen (secondary N) is 3. The van der Waals surface area contributed by atoms with Gasteiger partial charge in [-0.3, -0.25) is 19.2 Å². The number of aliphatic carboxylic acids is 1. The highest BCUT2D eigenvalue weighted by molar-refractivity contribution is 5.91. The van der Waals surface area contributed by atoms with Gasteiger partial charge in [-0.1, -0.05) is 129 Å². The second kappa shape index (κ2) is 31.6. The molecule has 468 valence electrons. The first-order valence-electron chi connectivity index (χ1n) is 29.2. The predicted octanol–water partition coefficient (Wildman–Crippen LogP) is 12.7. The summed E-state index contributed by atoms with van der Waals surface area (Å²) in [7, 11) is 0. The van der Waals surface area contributed by atoms with Crippen molar-refractivity contribution >= 4 is 48.6 Å². The van der Waals surface area contributed by atoms with E-state index in [2.05, 4.69) is 111 Å². The maximum absolute atomic E-state index is 14.0. The Labute approximate surface area is 508 Å². The van der Waals surface area contributed by atoms with Gasteiger partial charge in [0.1, 0.15) is 23.3 Å². The molecule has 0 unspecified atom stereocenters. The summed E-state index contributed by atoms with van der Waals surface area (Å²) in [6.45, 7) is 20.3. The van der Waals surface area contributed by atoms with Gasteiger partial charge in [-0.05, 0) is 148 Å². The molecule has 0 spiro atoms. The Kier molecular flexibility index (Phi) is 27.6. The molecule has 8 N–H and O–H groups in total. The molecule has 1 amide bonds. The molecule has 2 aliphatic carbocycles. The number of cyclic esters (lactones) is 2. The van der Waals surface area contributed by atoms with Crippen LogP contribution in [0.25, 0.3) is 0 Å². The standard InChI is InChI=1S/C33H46F2N2O4.C26H36F2N2O.C7H10O3.2ClH/c1-31(2,3)23-10-9-11-24(19-23)33(13-7-6-8-14-33)36-21-28(38)27(18-22-16-25(34)20-26(35)17-22)37-29(39)12-15-32(4,5)30(40)41;1-25(2,3)19-8-7-9-20(15-19)26(10-5-4-6-11-26)30-17-24(31)23(29)14-18-12-21(27)16-22(28)13-18;1-7(2)4-3-5(8)10-6(7)9;;/h9-11,16-17,19-20,27-28,36,38H,6-8,12-15,18,21H2,1-5H3,(H,37,39)(H,40,41);7-9,12-13,15-16,23-24,30-31H,4-6,10-11,14,17,29H2,1-3H3;3-4H2,1-2H3;2*1H/t27-,28+;23-,24+;;;/m00.../s1. The van der Waals surface area contributed by atoms with Gasteiger partial charge in [0.2, 0.25) is 5.91 Å². The Bertz CT molecular complexity index is 2750. The van der Waals surface area contributed by atoms with Crippen molar-refractivity contribution in [2.24, 2.45) is 16.6 Å². The third-order valence-corrected chi connectivity index (χ3v) is 16.6. The number of nitrogens with two attached hydrogens (primary N) is 1. The zero-order valence-electron chi connectivity index (χ0n) is 50.9. The number of esters is 2. The Balaban J connectivity index is 0.000000378. The van der Waals surface area contributed by atoms with Crippen molar-refractivity contribution in [1.29, 1.82) is 0 Å². The molecule has 12 nitrogen and oxygen atoms in total. The summed E-state index contributed by atoms with van der Waals surface area (Å²) in [5.74, 6) is -4.96. The van der Waals surface area contributed by atoms with E-state index >= 15 is 0 Å². The minimum Gasteiger partial charge on any atom is -0.481 e. The number of aliphatic hydroxyl groups is 2. The molecular weight excluding hydrogens is 1120 g/mol. The quantitative estimate of drug-likeness (QED) is 0.0268. The van der Waals surface area contributed by atoms with Gasteiger partial charge in [0.25, 0.3) is 0 Å². The number of carbonyl (C=O) groups excluding carboxylic acids is 3. The highest BCUT2D eigenvalue weighted by Crippen LogP contribution is 2.41. The summed E-state index contributed by atoms with van der Waals surface area (Å²) in [5.41, 5.74) is 9.86. The van der Waals surface area contributed by atoms with E-state index < -0.39 is 82.2 Å². The molecule has 4 atom stereocenters. The molecule has 2 saturated carbocycles. The number of ether oxygens (including phenoxy) is 1. The van der Waals surface area contributed by atoms with Crippen LogP contribution in [-0.2, 0) is 58.7 Å². The average molecular weight is 1220 g/mol. The molecule has 7 rings (SSSR count). The van der Waals surface area contributed by atoms with Crippen LogP contribution in [-0.4, -0.2) is 76.5 Å². The number of benzene rings is 4. The summed E-state index contributed by atoms with van der Waals surface area (Å²) in [5, 5.41) is 41.6. The zero-order valence-corrected chi connectivity index (χ0v) is 52.5. The lowest BCUT2D eigenvalue weighted by Crippen LogP contribution is -2.53. The monoisotopic (exact) mass is 1220 g/mol. The van der Waals surface area contributed by atoms with Crippen LogP contribution in [0.5, 0.6) is 0 Å². The summed E-state index contributed by atoms with van der Waals surface area (Å²) in [4.78, 5) is 45.8. The van der Waals surface area contributed by atoms with E-state index in [4.69, 9.17) is 5.73 Å². The second-order valence-electron chi connectivity index (χ2n) is 26.5. The first-order chi connectivity index (χ1) is 38.2. The zero-order chi connectivity index (χ0) is 60.8. The number of carboxylic acids is 1. The molecule has 0 radical (unpaired) electrons. The number of rotatable bonds is 19. The van der Waals surface area contributed by atoms with Crippen LogP contribution in [0.3, 0.4) is 0 Å². The fraction of sp³-hybridized carbons (Fsp3) is 0.576. The van der Waals surface area contributed by atoms with Gasteiger partial charge in [0, 0.05) is 55.2 Å². The largest absolute Gasteiger partial charge is 0.481 e. The molecule has 3 aliphatic rings. The van der Waals surface area contributed by atoms with Crippen molar-refractivity contribution in [3.8, 4) is 0 Å². The van der Waals surface area contributed by atoms with Crippen molar-refractivity contribution in [3.05, 3.63) is 142 Å². The lowest BCUT2D eigenvalue weighted by molar-refractivity contribution is -0.172. The number of halogens is 6. The van der Waals surface area contributed by atoms with E-state index in [0.29, 0.717) is 30.5 Å². The Morgan fingerprint density at radius 1 is 0.619 bits per heavy atom. The fourth-order valence-electron chi connectivity index (χ4n) is 10.9. The van der Waals surface area contributed by atoms with E-state index in [0.717, 1.165) is 69.9 Å². The summed E-state index contributed by atoms with van der Waals surface area (Å²) >= 11 is 0. The van der Waals surface area contributed by atoms with Crippen molar-refractivity contribution in [2.75, 3.05) is 13.1 Å². The Morgan fingerprint density at radius 3 is 1.43 bits per heavy atom. The maximum atomic E-state index is 14.0. The van der Waals surface area contributed by atoms with Crippen molar-refractivity contribution < 1.29 is 56.8 Å². The van der Waals surface area contributed by atoms with Gasteiger partial charge in [0.05, 0.1) is 29.1 Å². The molecule has 3 fully saturated rings. The molecular formula is C66H94Cl2F4N4O8. The van der Waals surface area contributed by atoms with E-state index in [1.807, 2.05) is 0 Å². The van der Waals surface area contributed by atoms with Crippen LogP contribution >= 0.6 is 24.8 Å². The third-order valence-electron chi connectivity index (χ3n) is 16.6. The lowest BCUT2D eigenvalue weighted by atomic mass is 9.74. The molecule has 4 aromatic rings. The highest BCUT2D eigenvalue weighted by Gasteiger charge is 2.39. The summed E-state index contributed by atoms with van der Waals surface area (Å²) in [6.07, 6.45) is 9.91. The average Bonchev–Trinajstić information content (AvgIpc) is 3.57. The van der Waals surface area contributed by atoms with Gasteiger partial charge in [0.15, 0.2) is 0 Å². The van der Waals surface area contributed by atoms with Gasteiger partial charge in [-0.15, -0.1) is 24.8 Å². The minimum absolute atomic E-state index is 0. The number of carboxylic acid groups (broad SMARTS) is 1. The van der Waals surface area contributed by atoms with Crippen molar-refractivity contribution in [2.45, 2.75) is 218 Å². The van der Waals surface area contributed by atoms with E-state index in [1.54, 1.807) is 27.7 Å². The summed E-state index contributed by atoms with van der Waals surface area (Å²) in [6, 6.07) is 22.4. The van der Waals surface area contributed by atoms with Gasteiger partial charge in [-0.25, -0.2) is 17.6 Å². The molecule has 1 aliphatic heterocycles. The molecule has 0 aromatic heterocycles. The highest BCUT2D eigenvalue weighted by atomic mass is 35.5. The number of carbonyl (C=O) groups is 4. The van der Waals surface area contributed by atoms with Gasteiger partial charge in [-0.2, -0.15) is 0 Å². The topological polar surface area (TPSA) is 200 Å². The second-order valence-corrected chi connectivity index (χ2v) is 26.5. The molecule has 1 heterocycles. The number of amides is 1. The summed E-state index contributed by atoms with van der Waals surface area (Å²) < 4.78 is 59.3.